The summed E-state index contributed by atoms with van der Waals surface area (Å²) in [5.74, 6) is 1.23. The molecule has 2 aromatic rings. The summed E-state index contributed by atoms with van der Waals surface area (Å²) in [6, 6.07) is 7.97. The van der Waals surface area contributed by atoms with Crippen LogP contribution in [0.3, 0.4) is 0 Å². The topological polar surface area (TPSA) is 38.3 Å². The normalized spacial score (nSPS) is 16.7. The number of halogens is 1. The largest absolute Gasteiger partial charge is 0.471 e. The first kappa shape index (κ1) is 19.8. The van der Waals surface area contributed by atoms with Crippen molar-refractivity contribution in [3.05, 3.63) is 59.0 Å². The molecule has 1 fully saturated rings. The monoisotopic (exact) mass is 385 g/mol. The van der Waals surface area contributed by atoms with Crippen molar-refractivity contribution < 1.29 is 4.74 Å². The van der Waals surface area contributed by atoms with Gasteiger partial charge < -0.3 is 4.74 Å². The van der Waals surface area contributed by atoms with E-state index in [2.05, 4.69) is 33.1 Å². The van der Waals surface area contributed by atoms with Gasteiger partial charge in [-0.05, 0) is 64.3 Å². The molecule has 1 aliphatic heterocycles. The average Bonchev–Trinajstić information content (AvgIpc) is 2.63. The fourth-order valence-electron chi connectivity index (χ4n) is 3.20. The lowest BCUT2D eigenvalue weighted by atomic mass is 9.95. The van der Waals surface area contributed by atoms with Crippen LogP contribution in [0.2, 0.25) is 5.02 Å². The second-order valence-corrected chi connectivity index (χ2v) is 8.42. The van der Waals surface area contributed by atoms with E-state index in [1.807, 2.05) is 39.0 Å². The van der Waals surface area contributed by atoms with Crippen LogP contribution in [0.5, 0.6) is 5.88 Å². The second-order valence-electron chi connectivity index (χ2n) is 8.02. The molecule has 0 radical (unpaired) electrons. The summed E-state index contributed by atoms with van der Waals surface area (Å²) in [6.45, 7) is 8.96. The molecule has 1 aromatic heterocycles. The van der Waals surface area contributed by atoms with E-state index in [0.717, 1.165) is 48.8 Å². The quantitative estimate of drug-likeness (QED) is 0.706. The van der Waals surface area contributed by atoms with E-state index in [1.165, 1.54) is 0 Å². The molecule has 0 amide bonds. The zero-order valence-electron chi connectivity index (χ0n) is 16.4. The Kier molecular flexibility index (Phi) is 6.51. The van der Waals surface area contributed by atoms with Crippen LogP contribution < -0.4 is 4.74 Å². The fraction of sp³-hybridized carbons (Fsp3) is 0.455. The van der Waals surface area contributed by atoms with E-state index in [1.54, 1.807) is 12.4 Å². The Hall–Kier alpha value is -1.91. The SMILES string of the molecule is CC(C)(C)Oc1nccnc1CN1CCC(/C=C/c2ccccc2Cl)CC1. The number of nitrogens with zero attached hydrogens (tertiary/aromatic N) is 3. The van der Waals surface area contributed by atoms with E-state index in [-0.39, 0.29) is 5.60 Å². The fourth-order valence-corrected chi connectivity index (χ4v) is 3.40. The molecule has 0 saturated carbocycles. The minimum absolute atomic E-state index is 0.277. The van der Waals surface area contributed by atoms with Gasteiger partial charge in [-0.3, -0.25) is 9.88 Å². The first-order chi connectivity index (χ1) is 12.9. The summed E-state index contributed by atoms with van der Waals surface area (Å²) >= 11 is 6.23. The molecule has 0 unspecified atom stereocenters. The number of hydrogen-bond acceptors (Lipinski definition) is 4. The average molecular weight is 386 g/mol. The number of piperidine rings is 1. The van der Waals surface area contributed by atoms with E-state index in [9.17, 15) is 0 Å². The summed E-state index contributed by atoms with van der Waals surface area (Å²) in [5.41, 5.74) is 1.73. The maximum absolute atomic E-state index is 6.23. The summed E-state index contributed by atoms with van der Waals surface area (Å²) in [7, 11) is 0. The molecular formula is C22H28ClN3O. The van der Waals surface area contributed by atoms with Gasteiger partial charge in [0.15, 0.2) is 0 Å². The summed E-state index contributed by atoms with van der Waals surface area (Å²) in [6.07, 6.45) is 10.2. The Morgan fingerprint density at radius 2 is 1.85 bits per heavy atom. The smallest absolute Gasteiger partial charge is 0.237 e. The Labute approximate surface area is 167 Å². The van der Waals surface area contributed by atoms with Crippen molar-refractivity contribution in [1.82, 2.24) is 14.9 Å². The molecule has 0 bridgehead atoms. The zero-order chi connectivity index (χ0) is 19.3. The van der Waals surface area contributed by atoms with Crippen LogP contribution in [0.1, 0.15) is 44.9 Å². The standard InChI is InChI=1S/C22H28ClN3O/c1-22(2,3)27-21-20(24-12-13-25-21)16-26-14-10-17(11-15-26)8-9-18-6-4-5-7-19(18)23/h4-9,12-13,17H,10-11,14-16H2,1-3H3/b9-8+. The van der Waals surface area contributed by atoms with Crippen molar-refractivity contribution in [3.63, 3.8) is 0 Å². The van der Waals surface area contributed by atoms with Gasteiger partial charge in [-0.25, -0.2) is 4.98 Å². The highest BCUT2D eigenvalue weighted by Gasteiger charge is 2.21. The molecule has 2 heterocycles. The zero-order valence-corrected chi connectivity index (χ0v) is 17.1. The number of benzene rings is 1. The van der Waals surface area contributed by atoms with Gasteiger partial charge in [-0.2, -0.15) is 0 Å². The Bertz CT molecular complexity index is 777. The highest BCUT2D eigenvalue weighted by Crippen LogP contribution is 2.25. The molecule has 5 heteroatoms. The van der Waals surface area contributed by atoms with Crippen LogP contribution in [-0.4, -0.2) is 33.6 Å². The molecule has 1 aromatic carbocycles. The van der Waals surface area contributed by atoms with Crippen molar-refractivity contribution in [2.75, 3.05) is 13.1 Å². The third-order valence-corrected chi connectivity index (χ3v) is 4.94. The predicted octanol–water partition coefficient (Wildman–Crippen LogP) is 5.23. The highest BCUT2D eigenvalue weighted by molar-refractivity contribution is 6.32. The molecule has 0 N–H and O–H groups in total. The Morgan fingerprint density at radius 3 is 2.56 bits per heavy atom. The van der Waals surface area contributed by atoms with Crippen LogP contribution in [0.4, 0.5) is 0 Å². The lowest BCUT2D eigenvalue weighted by Crippen LogP contribution is -2.33. The third kappa shape index (κ3) is 6.05. The number of likely N-dealkylation sites (tertiary alicyclic amines) is 1. The lowest BCUT2D eigenvalue weighted by Gasteiger charge is -2.31. The number of hydrogen-bond donors (Lipinski definition) is 0. The maximum Gasteiger partial charge on any atom is 0.237 e. The number of allylic oxidation sites excluding steroid dienone is 1. The molecule has 0 aliphatic carbocycles. The van der Waals surface area contributed by atoms with E-state index in [0.29, 0.717) is 11.8 Å². The highest BCUT2D eigenvalue weighted by atomic mass is 35.5. The van der Waals surface area contributed by atoms with Crippen LogP contribution >= 0.6 is 11.6 Å². The van der Waals surface area contributed by atoms with E-state index < -0.39 is 0 Å². The van der Waals surface area contributed by atoms with E-state index in [4.69, 9.17) is 16.3 Å². The molecule has 144 valence electrons. The van der Waals surface area contributed by atoms with Gasteiger partial charge >= 0.3 is 0 Å². The summed E-state index contributed by atoms with van der Waals surface area (Å²) < 4.78 is 5.97. The predicted molar refractivity (Wildman–Crippen MR) is 111 cm³/mol. The molecule has 0 atom stereocenters. The molecule has 0 spiro atoms. The second kappa shape index (κ2) is 8.85. The molecule has 3 rings (SSSR count). The van der Waals surface area contributed by atoms with Gasteiger partial charge in [0.25, 0.3) is 0 Å². The Balaban J connectivity index is 1.55. The van der Waals surface area contributed by atoms with Crippen molar-refractivity contribution in [2.45, 2.75) is 45.8 Å². The van der Waals surface area contributed by atoms with Gasteiger partial charge in [-0.1, -0.05) is 42.0 Å². The van der Waals surface area contributed by atoms with Gasteiger partial charge in [0.1, 0.15) is 11.3 Å². The summed E-state index contributed by atoms with van der Waals surface area (Å²) in [4.78, 5) is 11.3. The van der Waals surface area contributed by atoms with Crippen LogP contribution in [-0.2, 0) is 6.54 Å². The first-order valence-electron chi connectivity index (χ1n) is 9.55. The van der Waals surface area contributed by atoms with Crippen molar-refractivity contribution >= 4 is 17.7 Å². The van der Waals surface area contributed by atoms with Gasteiger partial charge in [0.05, 0.1) is 0 Å². The first-order valence-corrected chi connectivity index (χ1v) is 9.92. The molecule has 1 aliphatic rings. The van der Waals surface area contributed by atoms with Gasteiger partial charge in [0, 0.05) is 24.0 Å². The maximum atomic E-state index is 6.23. The minimum Gasteiger partial charge on any atom is -0.471 e. The van der Waals surface area contributed by atoms with Crippen LogP contribution in [0.25, 0.3) is 6.08 Å². The summed E-state index contributed by atoms with van der Waals surface area (Å²) in [5, 5.41) is 0.806. The van der Waals surface area contributed by atoms with Crippen molar-refractivity contribution in [2.24, 2.45) is 5.92 Å². The molecule has 27 heavy (non-hydrogen) atoms. The van der Waals surface area contributed by atoms with Crippen molar-refractivity contribution in [1.29, 1.82) is 0 Å². The molecular weight excluding hydrogens is 358 g/mol. The van der Waals surface area contributed by atoms with Gasteiger partial charge in [0.2, 0.25) is 5.88 Å². The molecule has 4 nitrogen and oxygen atoms in total. The van der Waals surface area contributed by atoms with Gasteiger partial charge in [-0.15, -0.1) is 0 Å². The number of aromatic nitrogens is 2. The third-order valence-electron chi connectivity index (χ3n) is 4.60. The van der Waals surface area contributed by atoms with Crippen LogP contribution in [0, 0.1) is 5.92 Å². The van der Waals surface area contributed by atoms with Crippen LogP contribution in [0.15, 0.2) is 42.7 Å². The number of rotatable bonds is 5. The number of ether oxygens (including phenoxy) is 1. The molecule has 1 saturated heterocycles. The van der Waals surface area contributed by atoms with Crippen molar-refractivity contribution in [3.8, 4) is 5.88 Å². The van der Waals surface area contributed by atoms with E-state index >= 15 is 0 Å². The Morgan fingerprint density at radius 1 is 1.15 bits per heavy atom. The minimum atomic E-state index is -0.277. The lowest BCUT2D eigenvalue weighted by molar-refractivity contribution is 0.117.